The van der Waals surface area contributed by atoms with Gasteiger partial charge in [0.25, 0.3) is 0 Å². The number of phosphoric acid groups is 1. The van der Waals surface area contributed by atoms with Crippen LogP contribution in [0, 0.1) is 11.8 Å². The second-order valence-electron chi connectivity index (χ2n) is 8.99. The van der Waals surface area contributed by atoms with Gasteiger partial charge in [-0.2, -0.15) is 0 Å². The molecule has 3 atom stereocenters. The molecule has 0 fully saturated rings. The van der Waals surface area contributed by atoms with E-state index in [9.17, 15) is 23.8 Å². The predicted molar refractivity (Wildman–Crippen MR) is 141 cm³/mol. The van der Waals surface area contributed by atoms with Crippen molar-refractivity contribution < 1.29 is 42.4 Å². The molecule has 0 radical (unpaired) electrons. The molecule has 0 saturated heterocycles. The van der Waals surface area contributed by atoms with Crippen molar-refractivity contribution in [2.24, 2.45) is 11.8 Å². The summed E-state index contributed by atoms with van der Waals surface area (Å²) in [4.78, 5) is 49.0. The Morgan fingerprint density at radius 2 is 1.50 bits per heavy atom. The van der Waals surface area contributed by atoms with E-state index in [4.69, 9.17) is 18.5 Å². The van der Waals surface area contributed by atoms with E-state index < -0.39 is 31.6 Å². The molecular weight excluding hydrogens is 513 g/mol. The summed E-state index contributed by atoms with van der Waals surface area (Å²) in [7, 11) is -0.639. The largest absolute Gasteiger partial charge is 0.472 e. The van der Waals surface area contributed by atoms with Crippen LogP contribution >= 0.6 is 7.82 Å². The van der Waals surface area contributed by atoms with Crippen molar-refractivity contribution in [1.29, 1.82) is 0 Å². The number of ketones is 1. The standard InChI is InChI=1S/C27H36NO9P/c1-5-21(27(31)34-17-18-36-38(32,33)35-16-15-28(3)4)19-20(2)26(30)37-24-13-11-23(12-14-24)25(29)22-9-7-6-8-10-22/h6-14,20-21H,5,15-19H2,1-4H3,(H,32,33). The molecule has 11 heteroatoms. The number of carbonyl (C=O) groups excluding carboxylic acids is 3. The molecule has 0 bridgehead atoms. The van der Waals surface area contributed by atoms with E-state index in [1.165, 1.54) is 0 Å². The Balaban J connectivity index is 1.78. The van der Waals surface area contributed by atoms with E-state index in [0.29, 0.717) is 29.8 Å². The molecule has 0 saturated carbocycles. The number of likely N-dealkylation sites (N-methyl/N-ethyl adjacent to an activating group) is 1. The topological polar surface area (TPSA) is 129 Å². The fourth-order valence-electron chi connectivity index (χ4n) is 3.39. The summed E-state index contributed by atoms with van der Waals surface area (Å²) < 4.78 is 32.0. The zero-order valence-electron chi connectivity index (χ0n) is 22.2. The SMILES string of the molecule is CCC(CC(C)C(=O)Oc1ccc(C(=O)c2ccccc2)cc1)C(=O)OCCOP(=O)(O)OCCN(C)C. The van der Waals surface area contributed by atoms with Crippen LogP contribution in [0.15, 0.2) is 54.6 Å². The molecule has 2 aromatic carbocycles. The molecule has 38 heavy (non-hydrogen) atoms. The van der Waals surface area contributed by atoms with E-state index in [1.807, 2.05) is 6.07 Å². The molecule has 2 aromatic rings. The van der Waals surface area contributed by atoms with E-state index in [0.717, 1.165) is 0 Å². The van der Waals surface area contributed by atoms with Crippen molar-refractivity contribution in [2.75, 3.05) is 40.5 Å². The first-order valence-corrected chi connectivity index (χ1v) is 13.9. The molecule has 0 aliphatic carbocycles. The van der Waals surface area contributed by atoms with Gasteiger partial charge in [-0.3, -0.25) is 23.4 Å². The quantitative estimate of drug-likeness (QED) is 0.107. The van der Waals surface area contributed by atoms with Gasteiger partial charge in [0.15, 0.2) is 5.78 Å². The number of nitrogens with zero attached hydrogens (tertiary/aromatic N) is 1. The van der Waals surface area contributed by atoms with Gasteiger partial charge in [-0.25, -0.2) is 4.57 Å². The zero-order valence-corrected chi connectivity index (χ0v) is 23.1. The van der Waals surface area contributed by atoms with Crippen LogP contribution in [0.25, 0.3) is 0 Å². The number of rotatable bonds is 16. The Morgan fingerprint density at radius 3 is 2.11 bits per heavy atom. The lowest BCUT2D eigenvalue weighted by Gasteiger charge is -2.18. The van der Waals surface area contributed by atoms with Gasteiger partial charge in [0.1, 0.15) is 12.4 Å². The Bertz CT molecular complexity index is 1090. The number of phosphoric ester groups is 1. The summed E-state index contributed by atoms with van der Waals surface area (Å²) in [6, 6.07) is 15.2. The summed E-state index contributed by atoms with van der Waals surface area (Å²) in [6.07, 6.45) is 0.630. The number of esters is 2. The second kappa shape index (κ2) is 15.5. The minimum Gasteiger partial charge on any atom is -0.463 e. The molecule has 10 nitrogen and oxygen atoms in total. The minimum absolute atomic E-state index is 0.0163. The van der Waals surface area contributed by atoms with Gasteiger partial charge in [0.05, 0.1) is 25.0 Å². The average molecular weight is 550 g/mol. The molecule has 2 rings (SSSR count). The van der Waals surface area contributed by atoms with Crippen molar-refractivity contribution in [1.82, 2.24) is 4.90 Å². The van der Waals surface area contributed by atoms with Crippen LogP contribution in [-0.4, -0.2) is 68.0 Å². The summed E-state index contributed by atoms with van der Waals surface area (Å²) in [5.41, 5.74) is 1.04. The maximum Gasteiger partial charge on any atom is 0.472 e. The van der Waals surface area contributed by atoms with E-state index in [2.05, 4.69) is 0 Å². The summed E-state index contributed by atoms with van der Waals surface area (Å²) in [6.45, 7) is 3.37. The van der Waals surface area contributed by atoms with Gasteiger partial charge in [0.2, 0.25) is 0 Å². The highest BCUT2D eigenvalue weighted by Gasteiger charge is 2.26. The minimum atomic E-state index is -4.23. The summed E-state index contributed by atoms with van der Waals surface area (Å²) in [5, 5.41) is 0. The maximum atomic E-state index is 12.6. The Hall–Kier alpha value is -2.88. The molecule has 0 aliphatic rings. The fourth-order valence-corrected chi connectivity index (χ4v) is 4.08. The van der Waals surface area contributed by atoms with Gasteiger partial charge < -0.3 is 19.3 Å². The lowest BCUT2D eigenvalue weighted by atomic mass is 9.94. The molecule has 0 aromatic heterocycles. The lowest BCUT2D eigenvalue weighted by Crippen LogP contribution is -2.26. The highest BCUT2D eigenvalue weighted by atomic mass is 31.2. The fraction of sp³-hybridized carbons (Fsp3) is 0.444. The third-order valence-electron chi connectivity index (χ3n) is 5.61. The number of hydrogen-bond donors (Lipinski definition) is 1. The van der Waals surface area contributed by atoms with Gasteiger partial charge in [-0.15, -0.1) is 0 Å². The third kappa shape index (κ3) is 10.8. The number of benzene rings is 2. The van der Waals surface area contributed by atoms with E-state index in [-0.39, 0.29) is 32.0 Å². The molecule has 3 unspecified atom stereocenters. The normalized spacial score (nSPS) is 14.4. The smallest absolute Gasteiger partial charge is 0.463 e. The van der Waals surface area contributed by atoms with Crippen LogP contribution < -0.4 is 4.74 Å². The average Bonchev–Trinajstić information content (AvgIpc) is 2.89. The molecule has 1 N–H and O–H groups in total. The Kier molecular flexibility index (Phi) is 12.8. The van der Waals surface area contributed by atoms with Crippen molar-refractivity contribution in [3.63, 3.8) is 0 Å². The van der Waals surface area contributed by atoms with Gasteiger partial charge >= 0.3 is 19.8 Å². The molecule has 0 amide bonds. The zero-order chi connectivity index (χ0) is 28.1. The lowest BCUT2D eigenvalue weighted by molar-refractivity contribution is -0.151. The van der Waals surface area contributed by atoms with Crippen LogP contribution in [0.3, 0.4) is 0 Å². The van der Waals surface area contributed by atoms with Gasteiger partial charge in [0, 0.05) is 17.7 Å². The van der Waals surface area contributed by atoms with Gasteiger partial charge in [-0.1, -0.05) is 44.2 Å². The predicted octanol–water partition coefficient (Wildman–Crippen LogP) is 4.11. The van der Waals surface area contributed by atoms with E-state index in [1.54, 1.807) is 81.4 Å². The van der Waals surface area contributed by atoms with Crippen molar-refractivity contribution in [2.45, 2.75) is 26.7 Å². The molecular formula is C27H36NO9P. The summed E-state index contributed by atoms with van der Waals surface area (Å²) >= 11 is 0. The first-order valence-electron chi connectivity index (χ1n) is 12.4. The Morgan fingerprint density at radius 1 is 0.895 bits per heavy atom. The third-order valence-corrected chi connectivity index (χ3v) is 6.63. The molecule has 0 aliphatic heterocycles. The Labute approximate surface area is 223 Å². The highest BCUT2D eigenvalue weighted by molar-refractivity contribution is 7.47. The molecule has 208 valence electrons. The van der Waals surface area contributed by atoms with Crippen LogP contribution in [0.5, 0.6) is 5.75 Å². The molecule has 0 spiro atoms. The number of ether oxygens (including phenoxy) is 2. The van der Waals surface area contributed by atoms with Crippen molar-refractivity contribution in [3.8, 4) is 5.75 Å². The van der Waals surface area contributed by atoms with Crippen LogP contribution in [-0.2, 0) is 27.9 Å². The highest BCUT2D eigenvalue weighted by Crippen LogP contribution is 2.42. The first-order chi connectivity index (χ1) is 18.0. The van der Waals surface area contributed by atoms with Crippen molar-refractivity contribution >= 4 is 25.5 Å². The van der Waals surface area contributed by atoms with Crippen LogP contribution in [0.1, 0.15) is 42.6 Å². The number of hydrogen-bond acceptors (Lipinski definition) is 9. The monoisotopic (exact) mass is 549 g/mol. The maximum absolute atomic E-state index is 12.6. The molecule has 0 heterocycles. The second-order valence-corrected chi connectivity index (χ2v) is 10.4. The van der Waals surface area contributed by atoms with E-state index >= 15 is 0 Å². The number of carbonyl (C=O) groups is 3. The van der Waals surface area contributed by atoms with Crippen LogP contribution in [0.4, 0.5) is 0 Å². The van der Waals surface area contributed by atoms with Gasteiger partial charge in [-0.05, 0) is 51.2 Å². The van der Waals surface area contributed by atoms with Crippen molar-refractivity contribution in [3.05, 3.63) is 65.7 Å². The first kappa shape index (κ1) is 31.3. The summed E-state index contributed by atoms with van der Waals surface area (Å²) in [5.74, 6) is -2.07. The van der Waals surface area contributed by atoms with Crippen LogP contribution in [0.2, 0.25) is 0 Å².